The highest BCUT2D eigenvalue weighted by molar-refractivity contribution is 7.88. The van der Waals surface area contributed by atoms with E-state index in [0.29, 0.717) is 22.6 Å². The first-order valence-electron chi connectivity index (χ1n) is 10.2. The molecule has 176 valence electrons. The van der Waals surface area contributed by atoms with Crippen LogP contribution in [0.25, 0.3) is 0 Å². The smallest absolute Gasteiger partial charge is 0.247 e. The summed E-state index contributed by atoms with van der Waals surface area (Å²) >= 11 is 0. The Balaban J connectivity index is 1.60. The van der Waals surface area contributed by atoms with Crippen LogP contribution in [-0.4, -0.2) is 61.1 Å². The van der Waals surface area contributed by atoms with E-state index in [0.717, 1.165) is 10.6 Å². The third-order valence-electron chi connectivity index (χ3n) is 5.79. The van der Waals surface area contributed by atoms with Crippen molar-refractivity contribution in [3.63, 3.8) is 0 Å². The predicted octanol–water partition coefficient (Wildman–Crippen LogP) is 1.23. The van der Waals surface area contributed by atoms with Gasteiger partial charge in [0.1, 0.15) is 11.4 Å². The average Bonchev–Trinajstić information content (AvgIpc) is 3.23. The zero-order valence-electron chi connectivity index (χ0n) is 18.2. The van der Waals surface area contributed by atoms with Crippen molar-refractivity contribution in [2.75, 3.05) is 26.1 Å². The zero-order valence-corrected chi connectivity index (χ0v) is 19.0. The fraction of sp³-hybridized carbons (Fsp3) is 0.364. The summed E-state index contributed by atoms with van der Waals surface area (Å²) in [6.07, 6.45) is 1.00. The third kappa shape index (κ3) is 4.79. The number of benzene rings is 2. The SMILES string of the molecule is C[C@@]1(C(=O)NCc2ccc(F)cc2)CN(S(C)(=O)=O)CC(=O)N1Cc1ccc2c(c1)OCO2. The monoisotopic (exact) mass is 477 g/mol. The van der Waals surface area contributed by atoms with Gasteiger partial charge in [-0.05, 0) is 42.3 Å². The molecule has 0 unspecified atom stereocenters. The molecule has 2 heterocycles. The number of rotatable bonds is 6. The summed E-state index contributed by atoms with van der Waals surface area (Å²) in [5.74, 6) is -0.282. The molecule has 1 N–H and O–H groups in total. The third-order valence-corrected chi connectivity index (χ3v) is 6.99. The second kappa shape index (κ2) is 8.64. The van der Waals surface area contributed by atoms with Gasteiger partial charge in [-0.1, -0.05) is 18.2 Å². The number of halogens is 1. The Labute approximate surface area is 191 Å². The van der Waals surface area contributed by atoms with Crippen molar-refractivity contribution >= 4 is 21.8 Å². The van der Waals surface area contributed by atoms with E-state index in [-0.39, 0.29) is 33.0 Å². The largest absolute Gasteiger partial charge is 0.454 e. The van der Waals surface area contributed by atoms with E-state index in [2.05, 4.69) is 5.32 Å². The highest BCUT2D eigenvalue weighted by Gasteiger charge is 2.49. The molecule has 0 radical (unpaired) electrons. The quantitative estimate of drug-likeness (QED) is 0.671. The minimum absolute atomic E-state index is 0.0769. The van der Waals surface area contributed by atoms with Crippen LogP contribution in [0.5, 0.6) is 11.5 Å². The Morgan fingerprint density at radius 2 is 1.79 bits per heavy atom. The van der Waals surface area contributed by atoms with Crippen LogP contribution in [0.2, 0.25) is 0 Å². The van der Waals surface area contributed by atoms with Gasteiger partial charge in [0.15, 0.2) is 11.5 Å². The molecule has 0 aromatic heterocycles. The van der Waals surface area contributed by atoms with Crippen LogP contribution in [0.3, 0.4) is 0 Å². The fourth-order valence-electron chi connectivity index (χ4n) is 3.88. The Bertz CT molecular complexity index is 1190. The molecule has 0 saturated carbocycles. The number of amides is 2. The molecule has 2 amide bonds. The van der Waals surface area contributed by atoms with E-state index < -0.39 is 33.2 Å². The molecule has 0 spiro atoms. The van der Waals surface area contributed by atoms with Crippen molar-refractivity contribution in [3.8, 4) is 11.5 Å². The molecule has 1 saturated heterocycles. The van der Waals surface area contributed by atoms with Crippen LogP contribution in [0, 0.1) is 5.82 Å². The maximum absolute atomic E-state index is 13.3. The predicted molar refractivity (Wildman–Crippen MR) is 116 cm³/mol. The molecule has 11 heteroatoms. The minimum Gasteiger partial charge on any atom is -0.454 e. The van der Waals surface area contributed by atoms with E-state index in [9.17, 15) is 22.4 Å². The number of sulfonamides is 1. The van der Waals surface area contributed by atoms with Crippen LogP contribution in [0.15, 0.2) is 42.5 Å². The minimum atomic E-state index is -3.71. The summed E-state index contributed by atoms with van der Waals surface area (Å²) in [6.45, 7) is 1.26. The highest BCUT2D eigenvalue weighted by atomic mass is 32.2. The molecule has 9 nitrogen and oxygen atoms in total. The van der Waals surface area contributed by atoms with Gasteiger partial charge < -0.3 is 19.7 Å². The van der Waals surface area contributed by atoms with Gasteiger partial charge in [0.2, 0.25) is 28.6 Å². The number of ether oxygens (including phenoxy) is 2. The lowest BCUT2D eigenvalue weighted by Gasteiger charge is -2.46. The van der Waals surface area contributed by atoms with Crippen LogP contribution in [0.1, 0.15) is 18.1 Å². The molecule has 2 aromatic rings. The first-order valence-corrected chi connectivity index (χ1v) is 12.1. The maximum atomic E-state index is 13.3. The van der Waals surface area contributed by atoms with Crippen LogP contribution < -0.4 is 14.8 Å². The Morgan fingerprint density at radius 1 is 1.12 bits per heavy atom. The normalized spacial score (nSPS) is 20.7. The molecular formula is C22H24FN3O6S. The number of nitrogens with zero attached hydrogens (tertiary/aromatic N) is 2. The van der Waals surface area contributed by atoms with E-state index in [1.807, 2.05) is 0 Å². The first kappa shape index (κ1) is 23.0. The number of hydrogen-bond donors (Lipinski definition) is 1. The standard InChI is InChI=1S/C22H24FN3O6S/c1-22(21(28)24-10-15-3-6-17(23)7-4-15)13-25(33(2,29)30)12-20(27)26(22)11-16-5-8-18-19(9-16)32-14-31-18/h3-9H,10-14H2,1-2H3,(H,24,28)/t22-/m0/s1. The van der Waals surface area contributed by atoms with Crippen molar-refractivity contribution in [2.45, 2.75) is 25.6 Å². The van der Waals surface area contributed by atoms with Gasteiger partial charge in [-0.2, -0.15) is 4.31 Å². The molecule has 2 aliphatic rings. The second-order valence-electron chi connectivity index (χ2n) is 8.28. The Kier molecular flexibility index (Phi) is 6.02. The van der Waals surface area contributed by atoms with E-state index in [1.54, 1.807) is 18.2 Å². The lowest BCUT2D eigenvalue weighted by Crippen LogP contribution is -2.69. The number of carbonyl (C=O) groups is 2. The van der Waals surface area contributed by atoms with Gasteiger partial charge in [0.05, 0.1) is 12.8 Å². The number of piperazine rings is 1. The van der Waals surface area contributed by atoms with E-state index in [4.69, 9.17) is 9.47 Å². The fourth-order valence-corrected chi connectivity index (χ4v) is 4.72. The van der Waals surface area contributed by atoms with Crippen molar-refractivity contribution in [3.05, 3.63) is 59.4 Å². The van der Waals surface area contributed by atoms with Crippen LogP contribution in [-0.2, 0) is 32.7 Å². The molecule has 0 bridgehead atoms. The zero-order chi connectivity index (χ0) is 23.8. The summed E-state index contributed by atoms with van der Waals surface area (Å²) < 4.78 is 49.3. The number of carbonyl (C=O) groups excluding carboxylic acids is 2. The van der Waals surface area contributed by atoms with E-state index >= 15 is 0 Å². The molecule has 2 aromatic carbocycles. The van der Waals surface area contributed by atoms with E-state index in [1.165, 1.54) is 36.1 Å². The van der Waals surface area contributed by atoms with Crippen LogP contribution in [0.4, 0.5) is 4.39 Å². The topological polar surface area (TPSA) is 105 Å². The Hall–Kier alpha value is -3.18. The number of hydrogen-bond acceptors (Lipinski definition) is 6. The summed E-state index contributed by atoms with van der Waals surface area (Å²) in [6, 6.07) is 10.9. The Morgan fingerprint density at radius 3 is 2.48 bits per heavy atom. The summed E-state index contributed by atoms with van der Waals surface area (Å²) in [5.41, 5.74) is -0.106. The van der Waals surface area contributed by atoms with Gasteiger partial charge in [-0.3, -0.25) is 9.59 Å². The number of nitrogens with one attached hydrogen (secondary N) is 1. The van der Waals surface area contributed by atoms with Gasteiger partial charge in [-0.25, -0.2) is 12.8 Å². The van der Waals surface area contributed by atoms with Gasteiger partial charge in [0, 0.05) is 19.6 Å². The number of fused-ring (bicyclic) bond motifs is 1. The van der Waals surface area contributed by atoms with Gasteiger partial charge in [-0.15, -0.1) is 0 Å². The van der Waals surface area contributed by atoms with Crippen molar-refractivity contribution < 1.29 is 31.9 Å². The average molecular weight is 478 g/mol. The first-order chi connectivity index (χ1) is 15.6. The molecule has 4 rings (SSSR count). The van der Waals surface area contributed by atoms with Crippen molar-refractivity contribution in [1.82, 2.24) is 14.5 Å². The highest BCUT2D eigenvalue weighted by Crippen LogP contribution is 2.34. The van der Waals surface area contributed by atoms with Crippen LogP contribution >= 0.6 is 0 Å². The lowest BCUT2D eigenvalue weighted by atomic mass is 9.94. The molecular weight excluding hydrogens is 453 g/mol. The molecule has 2 aliphatic heterocycles. The molecule has 1 fully saturated rings. The lowest BCUT2D eigenvalue weighted by molar-refractivity contribution is -0.153. The van der Waals surface area contributed by atoms with Crippen molar-refractivity contribution in [1.29, 1.82) is 0 Å². The second-order valence-corrected chi connectivity index (χ2v) is 10.3. The summed E-state index contributed by atoms with van der Waals surface area (Å²) in [7, 11) is -3.71. The van der Waals surface area contributed by atoms with Gasteiger partial charge >= 0.3 is 0 Å². The molecule has 1 atom stereocenters. The van der Waals surface area contributed by atoms with Crippen molar-refractivity contribution in [2.24, 2.45) is 0 Å². The summed E-state index contributed by atoms with van der Waals surface area (Å²) in [4.78, 5) is 27.8. The summed E-state index contributed by atoms with van der Waals surface area (Å²) in [5, 5.41) is 2.76. The molecule has 33 heavy (non-hydrogen) atoms. The molecule has 0 aliphatic carbocycles. The maximum Gasteiger partial charge on any atom is 0.247 e. The van der Waals surface area contributed by atoms with Gasteiger partial charge in [0.25, 0.3) is 0 Å².